The number of thiazole rings is 2. The van der Waals surface area contributed by atoms with Crippen molar-refractivity contribution in [2.75, 3.05) is 44.2 Å². The number of hydrogen-bond donors (Lipinski definition) is 1. The van der Waals surface area contributed by atoms with Crippen molar-refractivity contribution in [3.05, 3.63) is 52.0 Å². The predicted molar refractivity (Wildman–Crippen MR) is 130 cm³/mol. The highest BCUT2D eigenvalue weighted by atomic mass is 35.5. The Kier molecular flexibility index (Phi) is 5.79. The lowest BCUT2D eigenvalue weighted by Gasteiger charge is -2.34. The molecule has 0 saturated carbocycles. The Morgan fingerprint density at radius 1 is 1.06 bits per heavy atom. The third-order valence-electron chi connectivity index (χ3n) is 5.58. The van der Waals surface area contributed by atoms with E-state index < -0.39 is 0 Å². The summed E-state index contributed by atoms with van der Waals surface area (Å²) in [6, 6.07) is 11.8. The van der Waals surface area contributed by atoms with Crippen LogP contribution in [0.15, 0.2) is 36.4 Å². The minimum absolute atomic E-state index is 0.0941. The van der Waals surface area contributed by atoms with Crippen molar-refractivity contribution in [1.29, 1.82) is 0 Å². The van der Waals surface area contributed by atoms with E-state index in [-0.39, 0.29) is 5.91 Å². The summed E-state index contributed by atoms with van der Waals surface area (Å²) in [5.41, 5.74) is 2.93. The lowest BCUT2D eigenvalue weighted by Crippen LogP contribution is -2.48. The van der Waals surface area contributed by atoms with E-state index in [0.717, 1.165) is 64.2 Å². The van der Waals surface area contributed by atoms with Crippen LogP contribution in [-0.2, 0) is 0 Å². The van der Waals surface area contributed by atoms with Gasteiger partial charge in [0.05, 0.1) is 20.4 Å². The van der Waals surface area contributed by atoms with Crippen molar-refractivity contribution in [3.8, 4) is 0 Å². The topological polar surface area (TPSA) is 61.4 Å². The SMILES string of the molecule is Cc1c(Cl)ccc2sc(N3CCN(CCNC(=O)c4nc5ccccc5s4)CC3)nc12. The second-order valence-corrected chi connectivity index (χ2v) is 10.0. The third-order valence-corrected chi connectivity index (χ3v) is 8.11. The average molecular weight is 472 g/mol. The summed E-state index contributed by atoms with van der Waals surface area (Å²) in [4.78, 5) is 26.4. The number of amides is 1. The summed E-state index contributed by atoms with van der Waals surface area (Å²) in [5.74, 6) is -0.0941. The van der Waals surface area contributed by atoms with Gasteiger partial charge in [0.25, 0.3) is 5.91 Å². The van der Waals surface area contributed by atoms with E-state index in [1.807, 2.05) is 37.3 Å². The maximum Gasteiger partial charge on any atom is 0.280 e. The first-order valence-electron chi connectivity index (χ1n) is 10.3. The van der Waals surface area contributed by atoms with E-state index in [4.69, 9.17) is 16.6 Å². The second kappa shape index (κ2) is 8.70. The van der Waals surface area contributed by atoms with Gasteiger partial charge in [-0.1, -0.05) is 35.1 Å². The average Bonchev–Trinajstić information content (AvgIpc) is 3.42. The van der Waals surface area contributed by atoms with Crippen LogP contribution in [0.4, 0.5) is 5.13 Å². The van der Waals surface area contributed by atoms with Gasteiger partial charge in [0.15, 0.2) is 10.1 Å². The standard InChI is InChI=1S/C22H22ClN5OS2/c1-14-15(23)6-7-18-19(14)26-22(31-18)28-12-10-27(11-13-28)9-8-24-20(29)21-25-16-4-2-3-5-17(16)30-21/h2-7H,8-13H2,1H3,(H,24,29). The van der Waals surface area contributed by atoms with Crippen LogP contribution in [-0.4, -0.2) is 60.0 Å². The fourth-order valence-corrected chi connectivity index (χ4v) is 5.87. The van der Waals surface area contributed by atoms with Crippen molar-refractivity contribution in [2.45, 2.75) is 6.92 Å². The highest BCUT2D eigenvalue weighted by Crippen LogP contribution is 2.33. The zero-order valence-electron chi connectivity index (χ0n) is 17.1. The minimum atomic E-state index is -0.0941. The van der Waals surface area contributed by atoms with E-state index in [9.17, 15) is 4.79 Å². The molecule has 5 rings (SSSR count). The van der Waals surface area contributed by atoms with Crippen LogP contribution in [0, 0.1) is 6.92 Å². The summed E-state index contributed by atoms with van der Waals surface area (Å²) < 4.78 is 2.22. The third kappa shape index (κ3) is 4.25. The highest BCUT2D eigenvalue weighted by Gasteiger charge is 2.21. The van der Waals surface area contributed by atoms with Crippen LogP contribution in [0.3, 0.4) is 0 Å². The molecule has 4 aromatic rings. The number of aromatic nitrogens is 2. The predicted octanol–water partition coefficient (Wildman–Crippen LogP) is 4.42. The Hall–Kier alpha value is -2.26. The van der Waals surface area contributed by atoms with Crippen molar-refractivity contribution in [3.63, 3.8) is 0 Å². The van der Waals surface area contributed by atoms with Gasteiger partial charge in [-0.2, -0.15) is 0 Å². The molecule has 1 amide bonds. The zero-order valence-corrected chi connectivity index (χ0v) is 19.5. The summed E-state index contributed by atoms with van der Waals surface area (Å²) in [6.07, 6.45) is 0. The van der Waals surface area contributed by atoms with Gasteiger partial charge >= 0.3 is 0 Å². The minimum Gasteiger partial charge on any atom is -0.349 e. The number of nitrogens with one attached hydrogen (secondary N) is 1. The molecule has 1 aliphatic rings. The van der Waals surface area contributed by atoms with Crippen LogP contribution in [0.25, 0.3) is 20.4 Å². The fraction of sp³-hybridized carbons (Fsp3) is 0.318. The molecular weight excluding hydrogens is 450 g/mol. The Bertz CT molecular complexity index is 1210. The monoisotopic (exact) mass is 471 g/mol. The number of rotatable bonds is 5. The van der Waals surface area contributed by atoms with Gasteiger partial charge in [0, 0.05) is 44.3 Å². The lowest BCUT2D eigenvalue weighted by atomic mass is 10.2. The molecule has 1 N–H and O–H groups in total. The number of fused-ring (bicyclic) bond motifs is 2. The Morgan fingerprint density at radius 3 is 2.68 bits per heavy atom. The molecule has 0 aliphatic carbocycles. The van der Waals surface area contributed by atoms with Crippen LogP contribution >= 0.6 is 34.3 Å². The van der Waals surface area contributed by atoms with Gasteiger partial charge in [0.2, 0.25) is 0 Å². The van der Waals surface area contributed by atoms with E-state index in [2.05, 4.69) is 26.2 Å². The Balaban J connectivity index is 1.12. The maximum atomic E-state index is 12.4. The van der Waals surface area contributed by atoms with E-state index in [1.165, 1.54) is 16.0 Å². The lowest BCUT2D eigenvalue weighted by molar-refractivity contribution is 0.0947. The number of carbonyl (C=O) groups is 1. The molecule has 2 aromatic carbocycles. The van der Waals surface area contributed by atoms with E-state index in [1.54, 1.807) is 11.3 Å². The van der Waals surface area contributed by atoms with E-state index in [0.29, 0.717) is 11.6 Å². The largest absolute Gasteiger partial charge is 0.349 e. The van der Waals surface area contributed by atoms with Crippen molar-refractivity contribution in [1.82, 2.24) is 20.2 Å². The molecule has 6 nitrogen and oxygen atoms in total. The molecule has 0 atom stereocenters. The van der Waals surface area contributed by atoms with Gasteiger partial charge in [-0.15, -0.1) is 11.3 Å². The van der Waals surface area contributed by atoms with Gasteiger partial charge < -0.3 is 10.2 Å². The molecule has 1 saturated heterocycles. The van der Waals surface area contributed by atoms with Crippen LogP contribution < -0.4 is 10.2 Å². The Morgan fingerprint density at radius 2 is 1.87 bits per heavy atom. The summed E-state index contributed by atoms with van der Waals surface area (Å²) in [5, 5.41) is 5.36. The normalized spacial score (nSPS) is 15.1. The zero-order chi connectivity index (χ0) is 21.4. The van der Waals surface area contributed by atoms with Gasteiger partial charge in [0.1, 0.15) is 0 Å². The maximum absolute atomic E-state index is 12.4. The number of nitrogens with zero attached hydrogens (tertiary/aromatic N) is 4. The molecule has 2 aromatic heterocycles. The van der Waals surface area contributed by atoms with Crippen LogP contribution in [0.1, 0.15) is 15.4 Å². The molecular formula is C22H22ClN5OS2. The van der Waals surface area contributed by atoms with Gasteiger partial charge in [-0.25, -0.2) is 9.97 Å². The first-order valence-corrected chi connectivity index (χ1v) is 12.3. The number of benzene rings is 2. The number of carbonyl (C=O) groups excluding carboxylic acids is 1. The molecule has 1 aliphatic heterocycles. The summed E-state index contributed by atoms with van der Waals surface area (Å²) in [7, 11) is 0. The number of hydrogen-bond acceptors (Lipinski definition) is 7. The number of aryl methyl sites for hydroxylation is 1. The summed E-state index contributed by atoms with van der Waals surface area (Å²) >= 11 is 9.40. The first kappa shape index (κ1) is 20.6. The van der Waals surface area contributed by atoms with Gasteiger partial charge in [-0.05, 0) is 36.8 Å². The molecule has 1 fully saturated rings. The molecule has 0 radical (unpaired) electrons. The molecule has 9 heteroatoms. The Labute approximate surface area is 193 Å². The van der Waals surface area contributed by atoms with E-state index >= 15 is 0 Å². The summed E-state index contributed by atoms with van der Waals surface area (Å²) in [6.45, 7) is 7.23. The van der Waals surface area contributed by atoms with Gasteiger partial charge in [-0.3, -0.25) is 9.69 Å². The number of anilines is 1. The molecule has 0 unspecified atom stereocenters. The van der Waals surface area contributed by atoms with Crippen molar-refractivity contribution < 1.29 is 4.79 Å². The van der Waals surface area contributed by atoms with Crippen LogP contribution in [0.5, 0.6) is 0 Å². The molecule has 31 heavy (non-hydrogen) atoms. The highest BCUT2D eigenvalue weighted by molar-refractivity contribution is 7.22. The molecule has 0 spiro atoms. The van der Waals surface area contributed by atoms with Crippen molar-refractivity contribution >= 4 is 65.7 Å². The quantitative estimate of drug-likeness (QED) is 0.467. The molecule has 3 heterocycles. The smallest absolute Gasteiger partial charge is 0.280 e. The fourth-order valence-electron chi connectivity index (χ4n) is 3.76. The number of halogens is 1. The first-order chi connectivity index (χ1) is 15.1. The molecule has 0 bridgehead atoms. The number of piperazine rings is 1. The molecule has 160 valence electrons. The van der Waals surface area contributed by atoms with Crippen LogP contribution in [0.2, 0.25) is 5.02 Å². The van der Waals surface area contributed by atoms with Crippen molar-refractivity contribution in [2.24, 2.45) is 0 Å². The number of para-hydroxylation sites is 1. The second-order valence-electron chi connectivity index (χ2n) is 7.59.